The third kappa shape index (κ3) is 3.62. The van der Waals surface area contributed by atoms with E-state index in [9.17, 15) is 13.2 Å². The molecule has 1 unspecified atom stereocenters. The molecule has 0 aromatic carbocycles. The Labute approximate surface area is 117 Å². The van der Waals surface area contributed by atoms with Gasteiger partial charge in [0.05, 0.1) is 0 Å². The highest BCUT2D eigenvalue weighted by Gasteiger charge is 2.33. The topological polar surface area (TPSA) is 28.2 Å². The predicted molar refractivity (Wildman–Crippen MR) is 72.8 cm³/mol. The summed E-state index contributed by atoms with van der Waals surface area (Å²) in [4.78, 5) is 5.83. The second-order valence-corrected chi connectivity index (χ2v) is 5.11. The Kier molecular flexibility index (Phi) is 4.86. The average Bonchev–Trinajstić information content (AvgIpc) is 2.45. The van der Waals surface area contributed by atoms with Gasteiger partial charge >= 0.3 is 6.18 Å². The molecule has 2 heterocycles. The number of nitrogens with zero attached hydrogens (tertiary/aromatic N) is 2. The molecule has 1 aliphatic rings. The first-order valence-electron chi connectivity index (χ1n) is 6.98. The van der Waals surface area contributed by atoms with Crippen molar-refractivity contribution in [3.63, 3.8) is 0 Å². The van der Waals surface area contributed by atoms with Gasteiger partial charge in [0.25, 0.3) is 0 Å². The van der Waals surface area contributed by atoms with E-state index in [0.717, 1.165) is 44.8 Å². The van der Waals surface area contributed by atoms with Gasteiger partial charge in [-0.1, -0.05) is 6.07 Å². The van der Waals surface area contributed by atoms with Crippen LogP contribution in [0.3, 0.4) is 0 Å². The first-order chi connectivity index (χ1) is 9.52. The summed E-state index contributed by atoms with van der Waals surface area (Å²) in [6.07, 6.45) is -0.307. The maximum absolute atomic E-state index is 12.7. The van der Waals surface area contributed by atoms with Crippen LogP contribution in [0.15, 0.2) is 18.2 Å². The van der Waals surface area contributed by atoms with Crippen molar-refractivity contribution in [3.8, 4) is 0 Å². The summed E-state index contributed by atoms with van der Waals surface area (Å²) in [6.45, 7) is 1.64. The number of aromatic nitrogens is 1. The third-order valence-corrected chi connectivity index (χ3v) is 3.67. The van der Waals surface area contributed by atoms with Crippen molar-refractivity contribution >= 4 is 5.82 Å². The lowest BCUT2D eigenvalue weighted by atomic mass is 9.99. The van der Waals surface area contributed by atoms with Crippen molar-refractivity contribution in [2.24, 2.45) is 0 Å². The molecule has 6 heteroatoms. The van der Waals surface area contributed by atoms with Crippen LogP contribution in [0.25, 0.3) is 0 Å². The zero-order chi connectivity index (χ0) is 14.6. The number of rotatable bonds is 4. The van der Waals surface area contributed by atoms with Crippen molar-refractivity contribution in [1.29, 1.82) is 0 Å². The lowest BCUT2D eigenvalue weighted by Crippen LogP contribution is -2.41. The van der Waals surface area contributed by atoms with E-state index in [4.69, 9.17) is 0 Å². The number of halogens is 3. The average molecular weight is 287 g/mol. The van der Waals surface area contributed by atoms with Crippen LogP contribution >= 0.6 is 0 Å². The number of hydrogen-bond donors (Lipinski definition) is 1. The second-order valence-electron chi connectivity index (χ2n) is 5.11. The fourth-order valence-electron chi connectivity index (χ4n) is 2.65. The van der Waals surface area contributed by atoms with Gasteiger partial charge < -0.3 is 10.2 Å². The van der Waals surface area contributed by atoms with E-state index < -0.39 is 11.9 Å². The Hall–Kier alpha value is -1.30. The molecule has 0 amide bonds. The largest absolute Gasteiger partial charge is 0.433 e. The van der Waals surface area contributed by atoms with E-state index in [-0.39, 0.29) is 6.04 Å². The Morgan fingerprint density at radius 1 is 1.35 bits per heavy atom. The quantitative estimate of drug-likeness (QED) is 0.922. The van der Waals surface area contributed by atoms with Gasteiger partial charge in [0.15, 0.2) is 0 Å². The maximum atomic E-state index is 12.7. The van der Waals surface area contributed by atoms with Crippen LogP contribution in [0.4, 0.5) is 19.0 Å². The van der Waals surface area contributed by atoms with Crippen molar-refractivity contribution in [2.45, 2.75) is 37.9 Å². The number of alkyl halides is 3. The van der Waals surface area contributed by atoms with Crippen LogP contribution in [0.1, 0.15) is 31.4 Å². The fourth-order valence-corrected chi connectivity index (χ4v) is 2.65. The molecule has 2 rings (SSSR count). The highest BCUT2D eigenvalue weighted by Crippen LogP contribution is 2.31. The molecule has 20 heavy (non-hydrogen) atoms. The third-order valence-electron chi connectivity index (χ3n) is 3.67. The van der Waals surface area contributed by atoms with Crippen LogP contribution in [0.5, 0.6) is 0 Å². The molecule has 0 radical (unpaired) electrons. The molecule has 1 atom stereocenters. The monoisotopic (exact) mass is 287 g/mol. The SMILES string of the molecule is CNCCC1CCCCN1c1cccc(C(F)(F)F)n1. The molecule has 1 aromatic rings. The molecule has 0 aliphatic carbocycles. The van der Waals surface area contributed by atoms with Gasteiger partial charge in [0.2, 0.25) is 0 Å². The Balaban J connectivity index is 2.19. The van der Waals surface area contributed by atoms with E-state index in [0.29, 0.717) is 5.82 Å². The minimum Gasteiger partial charge on any atom is -0.354 e. The summed E-state index contributed by atoms with van der Waals surface area (Å²) in [5.74, 6) is 0.445. The summed E-state index contributed by atoms with van der Waals surface area (Å²) in [5, 5.41) is 3.10. The molecular formula is C14H20F3N3. The summed E-state index contributed by atoms with van der Waals surface area (Å²) in [6, 6.07) is 4.41. The molecule has 0 bridgehead atoms. The van der Waals surface area contributed by atoms with Crippen LogP contribution in [0.2, 0.25) is 0 Å². The normalized spacial score (nSPS) is 20.2. The van der Waals surface area contributed by atoms with Crippen LogP contribution in [-0.2, 0) is 6.18 Å². The lowest BCUT2D eigenvalue weighted by Gasteiger charge is -2.37. The van der Waals surface area contributed by atoms with Crippen LogP contribution in [0, 0.1) is 0 Å². The fraction of sp³-hybridized carbons (Fsp3) is 0.643. The summed E-state index contributed by atoms with van der Waals surface area (Å²) >= 11 is 0. The second kappa shape index (κ2) is 6.43. The van der Waals surface area contributed by atoms with E-state index in [1.165, 1.54) is 6.07 Å². The summed E-state index contributed by atoms with van der Waals surface area (Å²) in [5.41, 5.74) is -0.812. The number of anilines is 1. The van der Waals surface area contributed by atoms with Gasteiger partial charge in [0.1, 0.15) is 11.5 Å². The number of hydrogen-bond acceptors (Lipinski definition) is 3. The van der Waals surface area contributed by atoms with Crippen molar-refractivity contribution in [1.82, 2.24) is 10.3 Å². The minimum atomic E-state index is -4.38. The van der Waals surface area contributed by atoms with Gasteiger partial charge in [-0.3, -0.25) is 0 Å². The standard InChI is InChI=1S/C14H20F3N3/c1-18-9-8-11-5-2-3-10-20(11)13-7-4-6-12(19-13)14(15,16)17/h4,6-7,11,18H,2-3,5,8-10H2,1H3. The van der Waals surface area contributed by atoms with E-state index in [1.807, 2.05) is 11.9 Å². The lowest BCUT2D eigenvalue weighted by molar-refractivity contribution is -0.141. The van der Waals surface area contributed by atoms with Crippen LogP contribution in [-0.4, -0.2) is 31.2 Å². The molecular weight excluding hydrogens is 267 g/mol. The van der Waals surface area contributed by atoms with Gasteiger partial charge in [-0.25, -0.2) is 4.98 Å². The first kappa shape index (κ1) is 15.1. The zero-order valence-corrected chi connectivity index (χ0v) is 11.6. The minimum absolute atomic E-state index is 0.271. The molecule has 1 fully saturated rings. The molecule has 0 saturated carbocycles. The van der Waals surface area contributed by atoms with Gasteiger partial charge in [-0.05, 0) is 51.4 Å². The van der Waals surface area contributed by atoms with Gasteiger partial charge in [-0.2, -0.15) is 13.2 Å². The maximum Gasteiger partial charge on any atom is 0.433 e. The Morgan fingerprint density at radius 3 is 2.85 bits per heavy atom. The number of pyridine rings is 1. The van der Waals surface area contributed by atoms with Crippen molar-refractivity contribution in [2.75, 3.05) is 25.0 Å². The molecule has 1 N–H and O–H groups in total. The van der Waals surface area contributed by atoms with E-state index in [1.54, 1.807) is 6.07 Å². The highest BCUT2D eigenvalue weighted by atomic mass is 19.4. The van der Waals surface area contributed by atoms with Crippen molar-refractivity contribution in [3.05, 3.63) is 23.9 Å². The first-order valence-corrected chi connectivity index (χ1v) is 6.98. The molecule has 1 aromatic heterocycles. The molecule has 1 saturated heterocycles. The summed E-state index contributed by atoms with van der Waals surface area (Å²) < 4.78 is 38.2. The summed E-state index contributed by atoms with van der Waals surface area (Å²) in [7, 11) is 1.88. The molecule has 3 nitrogen and oxygen atoms in total. The van der Waals surface area contributed by atoms with Gasteiger partial charge in [0, 0.05) is 12.6 Å². The van der Waals surface area contributed by atoms with Crippen LogP contribution < -0.4 is 10.2 Å². The Morgan fingerprint density at radius 2 is 2.15 bits per heavy atom. The molecule has 1 aliphatic heterocycles. The number of piperidine rings is 1. The Bertz CT molecular complexity index is 434. The van der Waals surface area contributed by atoms with Gasteiger partial charge in [-0.15, -0.1) is 0 Å². The highest BCUT2D eigenvalue weighted by molar-refractivity contribution is 5.41. The number of nitrogens with one attached hydrogen (secondary N) is 1. The van der Waals surface area contributed by atoms with Crippen molar-refractivity contribution < 1.29 is 13.2 Å². The predicted octanol–water partition coefficient (Wildman–Crippen LogP) is 3.07. The molecule has 0 spiro atoms. The van der Waals surface area contributed by atoms with E-state index >= 15 is 0 Å². The zero-order valence-electron chi connectivity index (χ0n) is 11.6. The smallest absolute Gasteiger partial charge is 0.354 e. The molecule has 112 valence electrons. The van der Waals surface area contributed by atoms with E-state index in [2.05, 4.69) is 10.3 Å².